The summed E-state index contributed by atoms with van der Waals surface area (Å²) in [7, 11) is 0. The second-order valence-electron chi connectivity index (χ2n) is 6.51. The molecule has 0 aliphatic carbocycles. The molecule has 3 rings (SSSR count). The average molecular weight is 385 g/mol. The van der Waals surface area contributed by atoms with Crippen LogP contribution in [0.5, 0.6) is 5.75 Å². The monoisotopic (exact) mass is 384 g/mol. The molecule has 1 aliphatic heterocycles. The van der Waals surface area contributed by atoms with Crippen LogP contribution in [-0.2, 0) is 9.59 Å². The van der Waals surface area contributed by atoms with Gasteiger partial charge >= 0.3 is 0 Å². The van der Waals surface area contributed by atoms with E-state index in [0.717, 1.165) is 21.9 Å². The van der Waals surface area contributed by atoms with E-state index in [4.69, 9.17) is 4.74 Å². The third-order valence-electron chi connectivity index (χ3n) is 4.63. The Hall–Kier alpha value is -2.47. The predicted octanol–water partition coefficient (Wildman–Crippen LogP) is 3.27. The SMILES string of the molecule is CSc1ccc(N2CC(C(=O)NCCOc3ccccc3C)CC2=O)cc1. The van der Waals surface area contributed by atoms with Crippen molar-refractivity contribution in [3.8, 4) is 5.75 Å². The third kappa shape index (κ3) is 4.83. The third-order valence-corrected chi connectivity index (χ3v) is 5.38. The fourth-order valence-electron chi connectivity index (χ4n) is 3.09. The van der Waals surface area contributed by atoms with Gasteiger partial charge in [0, 0.05) is 23.5 Å². The number of carbonyl (C=O) groups excluding carboxylic acids is 2. The van der Waals surface area contributed by atoms with Gasteiger partial charge in [0.2, 0.25) is 11.8 Å². The Morgan fingerprint density at radius 3 is 2.67 bits per heavy atom. The van der Waals surface area contributed by atoms with Crippen LogP contribution < -0.4 is 15.0 Å². The van der Waals surface area contributed by atoms with Crippen LogP contribution in [0.2, 0.25) is 0 Å². The summed E-state index contributed by atoms with van der Waals surface area (Å²) < 4.78 is 5.69. The Labute approximate surface area is 164 Å². The topological polar surface area (TPSA) is 58.6 Å². The van der Waals surface area contributed by atoms with E-state index in [2.05, 4.69) is 5.32 Å². The van der Waals surface area contributed by atoms with Crippen molar-refractivity contribution in [2.45, 2.75) is 18.2 Å². The van der Waals surface area contributed by atoms with Crippen LogP contribution in [0, 0.1) is 12.8 Å². The molecular formula is C21H24N2O3S. The summed E-state index contributed by atoms with van der Waals surface area (Å²) in [6.07, 6.45) is 2.26. The molecule has 0 spiro atoms. The molecule has 2 amide bonds. The lowest BCUT2D eigenvalue weighted by Gasteiger charge is -2.17. The molecule has 0 aromatic heterocycles. The van der Waals surface area contributed by atoms with Crippen molar-refractivity contribution in [2.24, 2.45) is 5.92 Å². The van der Waals surface area contributed by atoms with Crippen molar-refractivity contribution in [3.05, 3.63) is 54.1 Å². The van der Waals surface area contributed by atoms with Gasteiger partial charge in [0.25, 0.3) is 0 Å². The van der Waals surface area contributed by atoms with E-state index in [1.165, 1.54) is 0 Å². The molecule has 1 fully saturated rings. The highest BCUT2D eigenvalue weighted by Crippen LogP contribution is 2.27. The number of anilines is 1. The highest BCUT2D eigenvalue weighted by Gasteiger charge is 2.34. The van der Waals surface area contributed by atoms with Crippen LogP contribution >= 0.6 is 11.8 Å². The molecule has 142 valence electrons. The number of benzene rings is 2. The lowest BCUT2D eigenvalue weighted by atomic mass is 10.1. The highest BCUT2D eigenvalue weighted by molar-refractivity contribution is 7.98. The zero-order valence-corrected chi connectivity index (χ0v) is 16.4. The molecule has 1 aliphatic rings. The van der Waals surface area contributed by atoms with Crippen LogP contribution in [0.4, 0.5) is 5.69 Å². The molecule has 1 unspecified atom stereocenters. The number of aryl methyl sites for hydroxylation is 1. The number of carbonyl (C=O) groups is 2. The molecular weight excluding hydrogens is 360 g/mol. The number of nitrogens with zero attached hydrogens (tertiary/aromatic N) is 1. The summed E-state index contributed by atoms with van der Waals surface area (Å²) in [6, 6.07) is 15.6. The van der Waals surface area contributed by atoms with Gasteiger partial charge in [0.1, 0.15) is 12.4 Å². The number of rotatable bonds is 7. The van der Waals surface area contributed by atoms with Crippen molar-refractivity contribution in [1.29, 1.82) is 0 Å². The minimum Gasteiger partial charge on any atom is -0.491 e. The molecule has 27 heavy (non-hydrogen) atoms. The summed E-state index contributed by atoms with van der Waals surface area (Å²) in [5.74, 6) is 0.391. The molecule has 6 heteroatoms. The zero-order valence-electron chi connectivity index (χ0n) is 15.6. The van der Waals surface area contributed by atoms with Gasteiger partial charge in [0.15, 0.2) is 0 Å². The van der Waals surface area contributed by atoms with Crippen molar-refractivity contribution >= 4 is 29.3 Å². The molecule has 2 aromatic carbocycles. The first-order valence-electron chi connectivity index (χ1n) is 8.99. The molecule has 1 saturated heterocycles. The number of hydrogen-bond acceptors (Lipinski definition) is 4. The van der Waals surface area contributed by atoms with E-state index in [9.17, 15) is 9.59 Å². The van der Waals surface area contributed by atoms with E-state index in [-0.39, 0.29) is 24.2 Å². The van der Waals surface area contributed by atoms with E-state index < -0.39 is 0 Å². The Morgan fingerprint density at radius 1 is 1.22 bits per heavy atom. The Bertz CT molecular complexity index is 807. The number of amides is 2. The standard InChI is InChI=1S/C21H24N2O3S/c1-15-5-3-4-6-19(15)26-12-11-22-21(25)16-13-20(24)23(14-16)17-7-9-18(27-2)10-8-17/h3-10,16H,11-14H2,1-2H3,(H,22,25). The van der Waals surface area contributed by atoms with Crippen molar-refractivity contribution in [1.82, 2.24) is 5.32 Å². The number of thioether (sulfide) groups is 1. The molecule has 1 atom stereocenters. The minimum absolute atomic E-state index is 0.0109. The Kier molecular flexibility index (Phi) is 6.40. The summed E-state index contributed by atoms with van der Waals surface area (Å²) in [6.45, 7) is 3.22. The van der Waals surface area contributed by atoms with Gasteiger partial charge in [0.05, 0.1) is 12.5 Å². The van der Waals surface area contributed by atoms with E-state index >= 15 is 0 Å². The quantitative estimate of drug-likeness (QED) is 0.588. The van der Waals surface area contributed by atoms with Crippen molar-refractivity contribution in [2.75, 3.05) is 30.9 Å². The first-order valence-corrected chi connectivity index (χ1v) is 10.2. The lowest BCUT2D eigenvalue weighted by Crippen LogP contribution is -2.35. The summed E-state index contributed by atoms with van der Waals surface area (Å²) in [5.41, 5.74) is 1.91. The van der Waals surface area contributed by atoms with E-state index in [1.807, 2.05) is 61.7 Å². The number of nitrogens with one attached hydrogen (secondary N) is 1. The van der Waals surface area contributed by atoms with E-state index in [1.54, 1.807) is 16.7 Å². The normalized spacial score (nSPS) is 16.4. The van der Waals surface area contributed by atoms with Crippen LogP contribution in [0.3, 0.4) is 0 Å². The van der Waals surface area contributed by atoms with Crippen LogP contribution in [0.1, 0.15) is 12.0 Å². The maximum Gasteiger partial charge on any atom is 0.227 e. The van der Waals surface area contributed by atoms with Gasteiger partial charge in [-0.1, -0.05) is 18.2 Å². The van der Waals surface area contributed by atoms with Crippen LogP contribution in [0.15, 0.2) is 53.4 Å². The number of para-hydroxylation sites is 1. The summed E-state index contributed by atoms with van der Waals surface area (Å²) in [5, 5.41) is 2.88. The van der Waals surface area contributed by atoms with Gasteiger partial charge in [-0.25, -0.2) is 0 Å². The molecule has 5 nitrogen and oxygen atoms in total. The fourth-order valence-corrected chi connectivity index (χ4v) is 3.50. The predicted molar refractivity (Wildman–Crippen MR) is 108 cm³/mol. The summed E-state index contributed by atoms with van der Waals surface area (Å²) in [4.78, 5) is 27.5. The maximum atomic E-state index is 12.4. The first-order chi connectivity index (χ1) is 13.1. The van der Waals surface area contributed by atoms with Gasteiger partial charge in [-0.2, -0.15) is 0 Å². The van der Waals surface area contributed by atoms with Crippen LogP contribution in [-0.4, -0.2) is 37.8 Å². The van der Waals surface area contributed by atoms with Gasteiger partial charge in [-0.15, -0.1) is 11.8 Å². The van der Waals surface area contributed by atoms with Crippen molar-refractivity contribution < 1.29 is 14.3 Å². The largest absolute Gasteiger partial charge is 0.491 e. The molecule has 2 aromatic rings. The molecule has 0 bridgehead atoms. The average Bonchev–Trinajstić information content (AvgIpc) is 3.08. The second-order valence-corrected chi connectivity index (χ2v) is 7.39. The van der Waals surface area contributed by atoms with Gasteiger partial charge in [-0.3, -0.25) is 9.59 Å². The first kappa shape index (κ1) is 19.3. The fraction of sp³-hybridized carbons (Fsp3) is 0.333. The number of ether oxygens (including phenoxy) is 1. The molecule has 1 N–H and O–H groups in total. The highest BCUT2D eigenvalue weighted by atomic mass is 32.2. The smallest absolute Gasteiger partial charge is 0.227 e. The lowest BCUT2D eigenvalue weighted by molar-refractivity contribution is -0.126. The number of hydrogen-bond donors (Lipinski definition) is 1. The Morgan fingerprint density at radius 2 is 1.96 bits per heavy atom. The second kappa shape index (κ2) is 8.95. The Balaban J connectivity index is 1.48. The summed E-state index contributed by atoms with van der Waals surface area (Å²) >= 11 is 1.66. The zero-order chi connectivity index (χ0) is 19.2. The van der Waals surface area contributed by atoms with Gasteiger partial charge < -0.3 is 15.0 Å². The van der Waals surface area contributed by atoms with Gasteiger partial charge in [-0.05, 0) is 49.1 Å². The van der Waals surface area contributed by atoms with Crippen LogP contribution in [0.25, 0.3) is 0 Å². The molecule has 1 heterocycles. The molecule has 0 radical (unpaired) electrons. The van der Waals surface area contributed by atoms with E-state index in [0.29, 0.717) is 19.7 Å². The molecule has 0 saturated carbocycles. The maximum absolute atomic E-state index is 12.4. The van der Waals surface area contributed by atoms with Crippen molar-refractivity contribution in [3.63, 3.8) is 0 Å². The minimum atomic E-state index is -0.323.